The van der Waals surface area contributed by atoms with Crippen molar-refractivity contribution in [2.24, 2.45) is 11.8 Å². The van der Waals surface area contributed by atoms with Crippen LogP contribution in [0.3, 0.4) is 0 Å². The molecule has 1 saturated heterocycles. The molecule has 0 aromatic heterocycles. The minimum atomic E-state index is -3.58. The van der Waals surface area contributed by atoms with E-state index in [-0.39, 0.29) is 22.5 Å². The topological polar surface area (TPSA) is 74.8 Å². The number of hydrogen-bond donors (Lipinski definition) is 0. The molecule has 2 atom stereocenters. The number of ketones is 1. The molecule has 2 fully saturated rings. The van der Waals surface area contributed by atoms with Crippen molar-refractivity contribution in [3.8, 4) is 0 Å². The van der Waals surface area contributed by atoms with Crippen molar-refractivity contribution in [3.63, 3.8) is 0 Å². The third-order valence-electron chi connectivity index (χ3n) is 4.88. The molecule has 1 aliphatic heterocycles. The zero-order valence-electron chi connectivity index (χ0n) is 13.9. The lowest BCUT2D eigenvalue weighted by Crippen LogP contribution is -2.51. The molecule has 24 heavy (non-hydrogen) atoms. The van der Waals surface area contributed by atoms with E-state index >= 15 is 0 Å². The average Bonchev–Trinajstić information content (AvgIpc) is 3.31. The fourth-order valence-corrected chi connectivity index (χ4v) is 4.48. The summed E-state index contributed by atoms with van der Waals surface area (Å²) in [7, 11) is -3.58. The molecule has 3 rings (SSSR count). The highest BCUT2D eigenvalue weighted by molar-refractivity contribution is 7.89. The summed E-state index contributed by atoms with van der Waals surface area (Å²) in [4.78, 5) is 25.5. The maximum atomic E-state index is 12.7. The highest BCUT2D eigenvalue weighted by atomic mass is 32.2. The monoisotopic (exact) mass is 350 g/mol. The predicted molar refractivity (Wildman–Crippen MR) is 89.1 cm³/mol. The van der Waals surface area contributed by atoms with Gasteiger partial charge in [-0.05, 0) is 31.4 Å². The minimum Gasteiger partial charge on any atom is -0.340 e. The standard InChI is InChI=1S/C17H22N2O4S/c1-12-11-16(12)17(21)18-7-9-19(10-8-18)24(22,23)15-5-3-14(4-6-15)13(2)20/h3-6,12,16H,7-11H2,1-2H3/t12-,16+/m1/s1. The second kappa shape index (κ2) is 6.29. The van der Waals surface area contributed by atoms with Gasteiger partial charge in [-0.3, -0.25) is 9.59 Å². The van der Waals surface area contributed by atoms with Gasteiger partial charge < -0.3 is 4.90 Å². The smallest absolute Gasteiger partial charge is 0.243 e. The second-order valence-electron chi connectivity index (χ2n) is 6.63. The lowest BCUT2D eigenvalue weighted by molar-refractivity contribution is -0.134. The zero-order valence-corrected chi connectivity index (χ0v) is 14.8. The molecule has 2 aliphatic rings. The third-order valence-corrected chi connectivity index (χ3v) is 6.79. The molecular weight excluding hydrogens is 328 g/mol. The van der Waals surface area contributed by atoms with Crippen molar-refractivity contribution in [3.05, 3.63) is 29.8 Å². The van der Waals surface area contributed by atoms with Crippen molar-refractivity contribution < 1.29 is 18.0 Å². The Labute approximate surface area is 142 Å². The van der Waals surface area contributed by atoms with Crippen molar-refractivity contribution in [1.29, 1.82) is 0 Å². The first kappa shape index (κ1) is 17.1. The zero-order chi connectivity index (χ0) is 17.5. The van der Waals surface area contributed by atoms with Crippen molar-refractivity contribution in [2.75, 3.05) is 26.2 Å². The number of rotatable bonds is 4. The van der Waals surface area contributed by atoms with Crippen LogP contribution in [-0.4, -0.2) is 55.5 Å². The number of carbonyl (C=O) groups is 2. The summed E-state index contributed by atoms with van der Waals surface area (Å²) in [5.74, 6) is 0.650. The highest BCUT2D eigenvalue weighted by Gasteiger charge is 2.42. The van der Waals surface area contributed by atoms with Crippen LogP contribution in [0.15, 0.2) is 29.2 Å². The van der Waals surface area contributed by atoms with E-state index in [0.717, 1.165) is 6.42 Å². The van der Waals surface area contributed by atoms with Crippen LogP contribution in [0.1, 0.15) is 30.6 Å². The molecule has 0 N–H and O–H groups in total. The van der Waals surface area contributed by atoms with Crippen LogP contribution in [0.2, 0.25) is 0 Å². The van der Waals surface area contributed by atoms with E-state index in [1.54, 1.807) is 4.90 Å². The summed E-state index contributed by atoms with van der Waals surface area (Å²) in [5.41, 5.74) is 0.489. The van der Waals surface area contributed by atoms with E-state index in [9.17, 15) is 18.0 Å². The van der Waals surface area contributed by atoms with Crippen LogP contribution in [0.4, 0.5) is 0 Å². The minimum absolute atomic E-state index is 0.0969. The maximum absolute atomic E-state index is 12.7. The number of amides is 1. The van der Waals surface area contributed by atoms with Crippen LogP contribution < -0.4 is 0 Å². The van der Waals surface area contributed by atoms with Crippen LogP contribution in [0, 0.1) is 11.8 Å². The Morgan fingerprint density at radius 2 is 1.58 bits per heavy atom. The van der Waals surface area contributed by atoms with Crippen molar-refractivity contribution in [2.45, 2.75) is 25.2 Å². The summed E-state index contributed by atoms with van der Waals surface area (Å²) < 4.78 is 26.8. The fraction of sp³-hybridized carbons (Fsp3) is 0.529. The quantitative estimate of drug-likeness (QED) is 0.769. The Kier molecular flexibility index (Phi) is 4.48. The molecule has 1 amide bonds. The van der Waals surface area contributed by atoms with Gasteiger partial charge in [-0.25, -0.2) is 8.42 Å². The summed E-state index contributed by atoms with van der Waals surface area (Å²) in [6, 6.07) is 6.00. The Bertz CT molecular complexity index is 749. The van der Waals surface area contributed by atoms with Crippen LogP contribution in [-0.2, 0) is 14.8 Å². The molecule has 0 spiro atoms. The van der Waals surface area contributed by atoms with Crippen molar-refractivity contribution in [1.82, 2.24) is 9.21 Å². The van der Waals surface area contributed by atoms with Crippen LogP contribution in [0.5, 0.6) is 0 Å². The van der Waals surface area contributed by atoms with E-state index < -0.39 is 10.0 Å². The molecular formula is C17H22N2O4S. The van der Waals surface area contributed by atoms with E-state index in [2.05, 4.69) is 6.92 Å². The molecule has 0 radical (unpaired) electrons. The van der Waals surface area contributed by atoms with Gasteiger partial charge in [0.25, 0.3) is 0 Å². The summed E-state index contributed by atoms with van der Waals surface area (Å²) in [6.45, 7) is 5.00. The number of sulfonamides is 1. The van der Waals surface area contributed by atoms with Gasteiger partial charge >= 0.3 is 0 Å². The Morgan fingerprint density at radius 1 is 1.04 bits per heavy atom. The number of piperazine rings is 1. The first-order valence-corrected chi connectivity index (χ1v) is 9.64. The van der Waals surface area contributed by atoms with Gasteiger partial charge in [0.15, 0.2) is 5.78 Å². The van der Waals surface area contributed by atoms with Crippen LogP contribution >= 0.6 is 0 Å². The second-order valence-corrected chi connectivity index (χ2v) is 8.57. The predicted octanol–water partition coefficient (Wildman–Crippen LogP) is 1.38. The number of nitrogens with zero attached hydrogens (tertiary/aromatic N) is 2. The molecule has 1 heterocycles. The Balaban J connectivity index is 1.66. The SMILES string of the molecule is CC(=O)c1ccc(S(=O)(=O)N2CCN(C(=O)[C@H]3C[C@H]3C)CC2)cc1. The number of carbonyl (C=O) groups excluding carboxylic acids is 2. The van der Waals surface area contributed by atoms with Gasteiger partial charge in [-0.15, -0.1) is 0 Å². The largest absolute Gasteiger partial charge is 0.340 e. The van der Waals surface area contributed by atoms with Gasteiger partial charge in [-0.2, -0.15) is 4.31 Å². The van der Waals surface area contributed by atoms with Gasteiger partial charge in [0.05, 0.1) is 4.90 Å². The first-order valence-electron chi connectivity index (χ1n) is 8.20. The lowest BCUT2D eigenvalue weighted by Gasteiger charge is -2.34. The summed E-state index contributed by atoms with van der Waals surface area (Å²) in [5, 5.41) is 0. The van der Waals surface area contributed by atoms with E-state index in [0.29, 0.717) is 37.7 Å². The Hall–Kier alpha value is -1.73. The van der Waals surface area contributed by atoms with Gasteiger partial charge in [0.2, 0.25) is 15.9 Å². The highest BCUT2D eigenvalue weighted by Crippen LogP contribution is 2.39. The fourth-order valence-electron chi connectivity index (χ4n) is 3.06. The molecule has 1 saturated carbocycles. The summed E-state index contributed by atoms with van der Waals surface area (Å²) >= 11 is 0. The average molecular weight is 350 g/mol. The Morgan fingerprint density at radius 3 is 2.04 bits per heavy atom. The molecule has 0 unspecified atom stereocenters. The van der Waals surface area contributed by atoms with E-state index in [1.807, 2.05) is 0 Å². The lowest BCUT2D eigenvalue weighted by atomic mass is 10.2. The number of benzene rings is 1. The van der Waals surface area contributed by atoms with Crippen molar-refractivity contribution >= 4 is 21.7 Å². The number of hydrogen-bond acceptors (Lipinski definition) is 4. The molecule has 1 aromatic carbocycles. The molecule has 1 aromatic rings. The van der Waals surface area contributed by atoms with E-state index in [4.69, 9.17) is 0 Å². The number of Topliss-reactive ketones (excluding diaryl/α,β-unsaturated/α-hetero) is 1. The molecule has 7 heteroatoms. The third kappa shape index (κ3) is 3.23. The maximum Gasteiger partial charge on any atom is 0.243 e. The van der Waals surface area contributed by atoms with Gasteiger partial charge in [0.1, 0.15) is 0 Å². The molecule has 6 nitrogen and oxygen atoms in total. The molecule has 0 bridgehead atoms. The molecule has 130 valence electrons. The van der Waals surface area contributed by atoms with Gasteiger partial charge in [-0.1, -0.05) is 19.1 Å². The van der Waals surface area contributed by atoms with E-state index in [1.165, 1.54) is 35.5 Å². The van der Waals surface area contributed by atoms with Gasteiger partial charge in [0, 0.05) is 37.7 Å². The van der Waals surface area contributed by atoms with Crippen LogP contribution in [0.25, 0.3) is 0 Å². The first-order chi connectivity index (χ1) is 11.3. The summed E-state index contributed by atoms with van der Waals surface area (Å²) in [6.07, 6.45) is 0.944. The normalized spacial score (nSPS) is 24.7. The molecule has 1 aliphatic carbocycles.